The van der Waals surface area contributed by atoms with E-state index < -0.39 is 0 Å². The van der Waals surface area contributed by atoms with Crippen LogP contribution in [0.3, 0.4) is 0 Å². The molecule has 0 fully saturated rings. The zero-order chi connectivity index (χ0) is 30.2. The molecule has 0 saturated heterocycles. The van der Waals surface area contributed by atoms with Crippen LogP contribution in [0.4, 0.5) is 5.69 Å². The molecule has 0 amide bonds. The number of benzene rings is 7. The Labute approximate surface area is 269 Å². The first kappa shape index (κ1) is 25.6. The molecule has 2 aromatic heterocycles. The van der Waals surface area contributed by atoms with Crippen LogP contribution in [-0.2, 0) is 0 Å². The number of hydrogen-bond acceptors (Lipinski definition) is 1. The molecule has 216 valence electrons. The van der Waals surface area contributed by atoms with Gasteiger partial charge in [-0.1, -0.05) is 121 Å². The normalized spacial score (nSPS) is 14.8. The molecule has 1 atom stereocenters. The minimum absolute atomic E-state index is 0.0559. The zero-order valence-electron chi connectivity index (χ0n) is 24.8. The third-order valence-corrected chi connectivity index (χ3v) is 10.6. The Morgan fingerprint density at radius 3 is 1.96 bits per heavy atom. The average molecular weight is 606 g/mol. The standard InChI is InChI=1S/C42H27N3S/c1-3-13-27(14-4-1)41-43-42(28-15-5-2-6-16-28)45(41)30-25-23-29(24-26-30)44-35-21-11-9-19-33(35)37-38-34-20-10-12-22-36(34)46-40(38)32-18-8-7-17-31(32)39(37)44/h1-26,41H. The summed E-state index contributed by atoms with van der Waals surface area (Å²) in [5.41, 5.74) is 7.07. The summed E-state index contributed by atoms with van der Waals surface area (Å²) in [5, 5.41) is 13.0. The Kier molecular flexibility index (Phi) is 5.51. The van der Waals surface area contributed by atoms with Crippen molar-refractivity contribution in [2.24, 2.45) is 0 Å². The van der Waals surface area contributed by atoms with Crippen molar-refractivity contribution >= 4 is 75.6 Å². The fraction of sp³-hybridized carbons (Fsp3) is 0.0238. The molecule has 0 spiro atoms. The van der Waals surface area contributed by atoms with Gasteiger partial charge in [0.05, 0.1) is 11.0 Å². The van der Waals surface area contributed by atoms with E-state index in [-0.39, 0.29) is 6.17 Å². The van der Waals surface area contributed by atoms with Crippen molar-refractivity contribution in [1.82, 2.24) is 4.57 Å². The summed E-state index contributed by atoms with van der Waals surface area (Å²) >= 11 is 1.90. The number of nitrogens with zero attached hydrogens (tertiary/aromatic N) is 3. The summed E-state index contributed by atoms with van der Waals surface area (Å²) in [5.74, 6) is 0.997. The van der Waals surface area contributed by atoms with Crippen molar-refractivity contribution in [3.8, 4) is 5.69 Å². The number of thiophene rings is 1. The third-order valence-electron chi connectivity index (χ3n) is 9.38. The summed E-state index contributed by atoms with van der Waals surface area (Å²) < 4.78 is 7.52. The molecule has 0 saturated carbocycles. The van der Waals surface area contributed by atoms with Gasteiger partial charge in [-0.05, 0) is 42.0 Å². The van der Waals surface area contributed by atoms with Crippen LogP contribution in [0.15, 0.2) is 158 Å². The number of amidine groups is 1. The van der Waals surface area contributed by atoms with Crippen molar-refractivity contribution in [2.75, 3.05) is 0 Å². The minimum Gasteiger partial charge on any atom is -0.309 e. The summed E-state index contributed by atoms with van der Waals surface area (Å²) in [6.07, 6.45) is -0.0559. The zero-order valence-corrected chi connectivity index (χ0v) is 25.7. The molecule has 1 unspecified atom stereocenters. The Morgan fingerprint density at radius 1 is 0.543 bits per heavy atom. The van der Waals surface area contributed by atoms with Gasteiger partial charge in [-0.3, -0.25) is 4.58 Å². The Morgan fingerprint density at radius 2 is 1.17 bits per heavy atom. The van der Waals surface area contributed by atoms with Gasteiger partial charge in [0.1, 0.15) is 5.84 Å². The predicted octanol–water partition coefficient (Wildman–Crippen LogP) is 11.5. The first-order valence-corrected chi connectivity index (χ1v) is 16.5. The highest BCUT2D eigenvalue weighted by Gasteiger charge is 2.32. The van der Waals surface area contributed by atoms with Crippen LogP contribution in [0.5, 0.6) is 0 Å². The van der Waals surface area contributed by atoms with E-state index in [9.17, 15) is 0 Å². The van der Waals surface area contributed by atoms with Crippen molar-refractivity contribution in [2.45, 2.75) is 6.17 Å². The van der Waals surface area contributed by atoms with Crippen LogP contribution in [-0.4, -0.2) is 15.0 Å². The molecular formula is C42H27N3S. The lowest BCUT2D eigenvalue weighted by molar-refractivity contribution is -0.501. The molecule has 4 heteroatoms. The number of rotatable bonds is 4. The highest BCUT2D eigenvalue weighted by atomic mass is 32.1. The van der Waals surface area contributed by atoms with Crippen molar-refractivity contribution in [1.29, 1.82) is 0 Å². The summed E-state index contributed by atoms with van der Waals surface area (Å²) in [7, 11) is 0. The minimum atomic E-state index is -0.0559. The molecule has 0 aliphatic carbocycles. The quantitative estimate of drug-likeness (QED) is 0.178. The molecule has 3 nitrogen and oxygen atoms in total. The molecule has 0 bridgehead atoms. The predicted molar refractivity (Wildman–Crippen MR) is 194 cm³/mol. The molecular weight excluding hydrogens is 579 g/mol. The Bertz CT molecular complexity index is 2650. The maximum atomic E-state index is 5.10. The fourth-order valence-corrected chi connectivity index (χ4v) is 8.61. The van der Waals surface area contributed by atoms with Gasteiger partial charge in [0.25, 0.3) is 0 Å². The molecule has 9 aromatic rings. The van der Waals surface area contributed by atoms with Crippen LogP contribution >= 0.6 is 11.3 Å². The van der Waals surface area contributed by atoms with Crippen LogP contribution in [0, 0.1) is 0 Å². The van der Waals surface area contributed by atoms with E-state index in [2.05, 4.69) is 167 Å². The van der Waals surface area contributed by atoms with Gasteiger partial charge in [0, 0.05) is 58.7 Å². The Hall–Kier alpha value is -5.71. The van der Waals surface area contributed by atoms with E-state index in [0.29, 0.717) is 0 Å². The molecule has 0 radical (unpaired) electrons. The monoisotopic (exact) mass is 605 g/mol. The van der Waals surface area contributed by atoms with E-state index in [1.54, 1.807) is 0 Å². The first-order chi connectivity index (χ1) is 22.8. The summed E-state index contributed by atoms with van der Waals surface area (Å²) in [4.78, 5) is 0. The summed E-state index contributed by atoms with van der Waals surface area (Å²) in [6.45, 7) is 0. The second kappa shape index (κ2) is 9.90. The van der Waals surface area contributed by atoms with Crippen LogP contribution in [0.2, 0.25) is 0 Å². The maximum absolute atomic E-state index is 5.10. The van der Waals surface area contributed by atoms with Gasteiger partial charge in [0.2, 0.25) is 0 Å². The van der Waals surface area contributed by atoms with Gasteiger partial charge >= 0.3 is 0 Å². The topological polar surface area (TPSA) is 22.0 Å². The second-order valence-electron chi connectivity index (χ2n) is 11.9. The van der Waals surface area contributed by atoms with E-state index >= 15 is 0 Å². The van der Waals surface area contributed by atoms with E-state index in [1.165, 1.54) is 58.3 Å². The first-order valence-electron chi connectivity index (χ1n) is 15.7. The highest BCUT2D eigenvalue weighted by Crippen LogP contribution is 2.48. The summed E-state index contributed by atoms with van der Waals surface area (Å²) in [6, 6.07) is 56.8. The lowest BCUT2D eigenvalue weighted by atomic mass is 10.00. The maximum Gasteiger partial charge on any atom is 0.154 e. The smallest absolute Gasteiger partial charge is 0.154 e. The molecule has 10 rings (SSSR count). The average Bonchev–Trinajstić information content (AvgIpc) is 3.66. The van der Waals surface area contributed by atoms with Crippen molar-refractivity contribution in [3.63, 3.8) is 0 Å². The molecule has 7 aromatic carbocycles. The van der Waals surface area contributed by atoms with Crippen LogP contribution in [0.25, 0.3) is 63.8 Å². The van der Waals surface area contributed by atoms with Crippen molar-refractivity contribution < 1.29 is 4.58 Å². The SMILES string of the molecule is c1ccc(C2=[N+](c3ccc(-n4c5ccccc5c5c6c7ccccc7sc6c6ccccc6c54)cc3)C(c3ccccc3)[N-]2)cc1. The molecule has 1 aliphatic rings. The molecule has 1 aliphatic heterocycles. The lowest BCUT2D eigenvalue weighted by Gasteiger charge is -2.37. The molecule has 46 heavy (non-hydrogen) atoms. The largest absolute Gasteiger partial charge is 0.309 e. The van der Waals surface area contributed by atoms with Crippen LogP contribution in [0.1, 0.15) is 17.3 Å². The van der Waals surface area contributed by atoms with Gasteiger partial charge in [-0.2, -0.15) is 0 Å². The van der Waals surface area contributed by atoms with Crippen molar-refractivity contribution in [3.05, 3.63) is 174 Å². The number of para-hydroxylation sites is 1. The van der Waals surface area contributed by atoms with Gasteiger partial charge in [-0.15, -0.1) is 11.3 Å². The van der Waals surface area contributed by atoms with Gasteiger partial charge < -0.3 is 4.57 Å². The highest BCUT2D eigenvalue weighted by molar-refractivity contribution is 7.27. The second-order valence-corrected chi connectivity index (χ2v) is 13.0. The van der Waals surface area contributed by atoms with Crippen LogP contribution < -0.4 is 0 Å². The number of aromatic nitrogens is 1. The van der Waals surface area contributed by atoms with E-state index in [1.807, 2.05) is 11.3 Å². The van der Waals surface area contributed by atoms with E-state index in [4.69, 9.17) is 5.32 Å². The Balaban J connectivity index is 1.23. The fourth-order valence-electron chi connectivity index (χ4n) is 7.36. The van der Waals surface area contributed by atoms with E-state index in [0.717, 1.165) is 22.8 Å². The number of fused-ring (bicyclic) bond motifs is 10. The lowest BCUT2D eigenvalue weighted by Crippen LogP contribution is -2.33. The van der Waals surface area contributed by atoms with Gasteiger partial charge in [-0.25, -0.2) is 5.32 Å². The van der Waals surface area contributed by atoms with Gasteiger partial charge in [0.15, 0.2) is 6.17 Å². The number of hydrogen-bond donors (Lipinski definition) is 0. The molecule has 0 N–H and O–H groups in total. The molecule has 3 heterocycles. The third kappa shape index (κ3) is 3.62.